The van der Waals surface area contributed by atoms with Gasteiger partial charge in [0.2, 0.25) is 0 Å². The molecule has 0 aromatic carbocycles. The number of halogens is 1. The molecule has 0 saturated heterocycles. The molecule has 8 heavy (non-hydrogen) atoms. The molecule has 0 aliphatic rings. The Bertz CT molecular complexity index is 55.2. The van der Waals surface area contributed by atoms with Crippen LogP contribution in [0.5, 0.6) is 0 Å². The zero-order valence-electron chi connectivity index (χ0n) is 5.61. The zero-order valence-corrected chi connectivity index (χ0v) is 8.58. The Morgan fingerprint density at radius 1 is 1.38 bits per heavy atom. The summed E-state index contributed by atoms with van der Waals surface area (Å²) < 4.78 is 5.31. The summed E-state index contributed by atoms with van der Waals surface area (Å²) in [6.45, 7) is 4.35. The van der Waals surface area contributed by atoms with Gasteiger partial charge >= 0.3 is 0 Å². The van der Waals surface area contributed by atoms with E-state index in [2.05, 4.69) is 35.1 Å². The third kappa shape index (κ3) is 2.55. The fourth-order valence-electron chi connectivity index (χ4n) is 0.440. The topological polar surface area (TPSA) is 9.23 Å². The monoisotopic (exact) mass is 248 g/mol. The lowest BCUT2D eigenvalue weighted by Gasteiger charge is -2.27. The van der Waals surface area contributed by atoms with E-state index >= 15 is 0 Å². The van der Waals surface area contributed by atoms with E-state index in [0.717, 1.165) is 0 Å². The maximum Gasteiger partial charge on any atom is 0.0491 e. The highest BCUT2D eigenvalue weighted by Crippen LogP contribution is 2.55. The number of rotatable bonds is 3. The predicted molar refractivity (Wildman–Crippen MR) is 49.7 cm³/mol. The second-order valence-corrected chi connectivity index (χ2v) is 9.21. The van der Waals surface area contributed by atoms with Crippen molar-refractivity contribution in [1.82, 2.24) is 0 Å². The molecule has 0 saturated carbocycles. The van der Waals surface area contributed by atoms with Crippen LogP contribution in [-0.2, 0) is 4.18 Å². The number of hydrogen-bond acceptors (Lipinski definition) is 1. The molecule has 0 heterocycles. The van der Waals surface area contributed by atoms with E-state index in [0.29, 0.717) is 0 Å². The van der Waals surface area contributed by atoms with Crippen molar-refractivity contribution in [2.75, 3.05) is 18.6 Å². The van der Waals surface area contributed by atoms with E-state index in [4.69, 9.17) is 4.18 Å². The van der Waals surface area contributed by atoms with Crippen molar-refractivity contribution in [3.05, 3.63) is 0 Å². The highest BCUT2D eigenvalue weighted by Gasteiger charge is 2.12. The molecule has 0 fully saturated rings. The highest BCUT2D eigenvalue weighted by atomic mass is 127. The second-order valence-electron chi connectivity index (χ2n) is 1.47. The van der Waals surface area contributed by atoms with E-state index in [9.17, 15) is 0 Å². The third-order valence-corrected chi connectivity index (χ3v) is 8.30. The van der Waals surface area contributed by atoms with Crippen molar-refractivity contribution >= 4 is 28.7 Å². The molecule has 0 unspecified atom stereocenters. The highest BCUT2D eigenvalue weighted by molar-refractivity contribution is 14.2. The van der Waals surface area contributed by atoms with Gasteiger partial charge in [-0.1, -0.05) is 21.3 Å². The van der Waals surface area contributed by atoms with E-state index < -0.39 is 7.48 Å². The van der Waals surface area contributed by atoms with Crippen molar-refractivity contribution in [2.24, 2.45) is 0 Å². The lowest BCUT2D eigenvalue weighted by molar-refractivity contribution is 0.477. The average Bonchev–Trinajstić information content (AvgIpc) is 1.87. The maximum atomic E-state index is 5.31. The lowest BCUT2D eigenvalue weighted by atomic mass is 11.0. The molecule has 0 bridgehead atoms. The van der Waals surface area contributed by atoms with Gasteiger partial charge in [0.25, 0.3) is 0 Å². The van der Waals surface area contributed by atoms with Crippen LogP contribution in [0.1, 0.15) is 13.8 Å². The molecule has 0 spiro atoms. The Hall–Kier alpha value is 1.04. The van der Waals surface area contributed by atoms with Crippen LogP contribution in [0.2, 0.25) is 0 Å². The molecule has 1 nitrogen and oxygen atoms in total. The Kier molecular flexibility index (Phi) is 4.47. The van der Waals surface area contributed by atoms with Crippen molar-refractivity contribution in [2.45, 2.75) is 13.8 Å². The SMILES string of the molecule is CCS(I)(CC)OC. The molecule has 3 heteroatoms. The van der Waals surface area contributed by atoms with Gasteiger partial charge in [-0.05, 0) is 0 Å². The minimum atomic E-state index is -0.683. The molecule has 52 valence electrons. The average molecular weight is 248 g/mol. The second kappa shape index (κ2) is 3.95. The number of hydrogen-bond donors (Lipinski definition) is 0. The van der Waals surface area contributed by atoms with Gasteiger partial charge in [-0.15, -0.1) is 0 Å². The normalized spacial score (nSPS) is 14.0. The molecule has 0 radical (unpaired) electrons. The van der Waals surface area contributed by atoms with Gasteiger partial charge in [0.15, 0.2) is 0 Å². The summed E-state index contributed by atoms with van der Waals surface area (Å²) in [5, 5.41) is 0. The quantitative estimate of drug-likeness (QED) is 0.698. The first-order valence-corrected chi connectivity index (χ1v) is 7.16. The fourth-order valence-corrected chi connectivity index (χ4v) is 1.32. The Morgan fingerprint density at radius 3 is 1.75 bits per heavy atom. The molecular formula is C5H13IOS. The van der Waals surface area contributed by atoms with Crippen LogP contribution in [-0.4, -0.2) is 18.6 Å². The summed E-state index contributed by atoms with van der Waals surface area (Å²) in [5.74, 6) is 2.33. The van der Waals surface area contributed by atoms with Gasteiger partial charge in [-0.25, -0.2) is 0 Å². The van der Waals surface area contributed by atoms with Gasteiger partial charge in [-0.3, -0.25) is 0 Å². The van der Waals surface area contributed by atoms with Crippen LogP contribution < -0.4 is 0 Å². The van der Waals surface area contributed by atoms with E-state index in [1.54, 1.807) is 7.11 Å². The molecule has 0 amide bonds. The summed E-state index contributed by atoms with van der Waals surface area (Å²) >= 11 is 2.43. The zero-order chi connectivity index (χ0) is 6.62. The smallest absolute Gasteiger partial charge is 0.0491 e. The minimum absolute atomic E-state index is 0.683. The molecule has 0 N–H and O–H groups in total. The van der Waals surface area contributed by atoms with Crippen LogP contribution in [0.4, 0.5) is 0 Å². The van der Waals surface area contributed by atoms with Crippen LogP contribution in [0.15, 0.2) is 0 Å². The van der Waals surface area contributed by atoms with Gasteiger partial charge in [0.05, 0.1) is 0 Å². The standard InChI is InChI=1S/C5H13IOS/c1-4-8(6,5-2)7-3/h4-5H2,1-3H3. The fraction of sp³-hybridized carbons (Fsp3) is 1.00. The largest absolute Gasteiger partial charge is 0.331 e. The third-order valence-electron chi connectivity index (χ3n) is 1.16. The molecule has 0 atom stereocenters. The maximum absolute atomic E-state index is 5.31. The Labute approximate surface area is 65.3 Å². The molecular weight excluding hydrogens is 235 g/mol. The van der Waals surface area contributed by atoms with E-state index in [-0.39, 0.29) is 0 Å². The van der Waals surface area contributed by atoms with Gasteiger partial charge in [0.1, 0.15) is 0 Å². The summed E-state index contributed by atoms with van der Waals surface area (Å²) in [4.78, 5) is 0. The lowest BCUT2D eigenvalue weighted by Crippen LogP contribution is -1.98. The van der Waals surface area contributed by atoms with Gasteiger partial charge < -0.3 is 4.18 Å². The Morgan fingerprint density at radius 2 is 1.75 bits per heavy atom. The van der Waals surface area contributed by atoms with Gasteiger partial charge in [0, 0.05) is 39.8 Å². The van der Waals surface area contributed by atoms with Crippen LogP contribution >= 0.6 is 28.7 Å². The first kappa shape index (κ1) is 9.04. The molecule has 0 aromatic rings. The summed E-state index contributed by atoms with van der Waals surface area (Å²) in [5.41, 5.74) is 0. The first-order valence-electron chi connectivity index (χ1n) is 2.72. The summed E-state index contributed by atoms with van der Waals surface area (Å²) in [7, 11) is 1.12. The predicted octanol–water partition coefficient (Wildman–Crippen LogP) is 2.74. The molecule has 0 aliphatic heterocycles. The van der Waals surface area contributed by atoms with E-state index in [1.807, 2.05) is 0 Å². The first-order chi connectivity index (χ1) is 3.68. The molecule has 0 aromatic heterocycles. The molecule has 0 aliphatic carbocycles. The van der Waals surface area contributed by atoms with Gasteiger partial charge in [-0.2, -0.15) is 0 Å². The van der Waals surface area contributed by atoms with Crippen LogP contribution in [0.25, 0.3) is 0 Å². The summed E-state index contributed by atoms with van der Waals surface area (Å²) in [6.07, 6.45) is 0. The van der Waals surface area contributed by atoms with E-state index in [1.165, 1.54) is 11.5 Å². The van der Waals surface area contributed by atoms with Crippen molar-refractivity contribution in [1.29, 1.82) is 0 Å². The van der Waals surface area contributed by atoms with Crippen LogP contribution in [0.3, 0.4) is 0 Å². The molecule has 0 rings (SSSR count). The van der Waals surface area contributed by atoms with Crippen molar-refractivity contribution in [3.63, 3.8) is 0 Å². The van der Waals surface area contributed by atoms with Crippen molar-refractivity contribution < 1.29 is 4.18 Å². The summed E-state index contributed by atoms with van der Waals surface area (Å²) in [6, 6.07) is 0. The van der Waals surface area contributed by atoms with Crippen molar-refractivity contribution in [3.8, 4) is 0 Å². The van der Waals surface area contributed by atoms with Crippen LogP contribution in [0, 0.1) is 0 Å². The minimum Gasteiger partial charge on any atom is -0.331 e. The Balaban J connectivity index is 3.58.